The third-order valence-electron chi connectivity index (χ3n) is 2.89. The number of rotatable bonds is 5. The number of phenols is 1. The zero-order valence-electron chi connectivity index (χ0n) is 11.7. The Morgan fingerprint density at radius 1 is 1.41 bits per heavy atom. The number of phenolic OH excluding ortho intramolecular Hbond substituents is 1. The second-order valence-electron chi connectivity index (χ2n) is 4.40. The number of carboxylic acids is 1. The predicted octanol–water partition coefficient (Wildman–Crippen LogP) is 0.768. The number of aliphatic carboxylic acids is 1. The van der Waals surface area contributed by atoms with Crippen LogP contribution in [0.1, 0.15) is 12.5 Å². The molecule has 8 nitrogen and oxygen atoms in total. The fourth-order valence-electron chi connectivity index (χ4n) is 1.93. The molecule has 22 heavy (non-hydrogen) atoms. The van der Waals surface area contributed by atoms with Gasteiger partial charge < -0.3 is 20.3 Å². The van der Waals surface area contributed by atoms with Crippen LogP contribution in [0.25, 0.3) is 6.08 Å². The Labute approximate surface area is 125 Å². The molecule has 1 fully saturated rings. The van der Waals surface area contributed by atoms with E-state index in [0.717, 1.165) is 0 Å². The summed E-state index contributed by atoms with van der Waals surface area (Å²) in [4.78, 5) is 34.8. The highest BCUT2D eigenvalue weighted by Crippen LogP contribution is 2.31. The number of nitrogens with zero attached hydrogens (tertiary/aromatic N) is 1. The predicted molar refractivity (Wildman–Crippen MR) is 75.1 cm³/mol. The monoisotopic (exact) mass is 306 g/mol. The van der Waals surface area contributed by atoms with Crippen molar-refractivity contribution in [2.45, 2.75) is 6.92 Å². The smallest absolute Gasteiger partial charge is 0.329 e. The van der Waals surface area contributed by atoms with E-state index in [0.29, 0.717) is 11.5 Å². The molecule has 1 aromatic rings. The van der Waals surface area contributed by atoms with Gasteiger partial charge in [0.05, 0.1) is 6.61 Å². The van der Waals surface area contributed by atoms with Gasteiger partial charge in [-0.3, -0.25) is 9.59 Å². The Morgan fingerprint density at radius 3 is 2.77 bits per heavy atom. The van der Waals surface area contributed by atoms with Crippen LogP contribution in [0, 0.1) is 0 Å². The lowest BCUT2D eigenvalue weighted by atomic mass is 10.1. The van der Waals surface area contributed by atoms with E-state index in [2.05, 4.69) is 5.32 Å². The van der Waals surface area contributed by atoms with Crippen LogP contribution in [0.4, 0.5) is 4.79 Å². The molecular weight excluding hydrogens is 292 g/mol. The summed E-state index contributed by atoms with van der Waals surface area (Å²) in [5.74, 6) is -1.99. The first kappa shape index (κ1) is 15.4. The van der Waals surface area contributed by atoms with Crippen molar-refractivity contribution >= 4 is 24.0 Å². The van der Waals surface area contributed by atoms with E-state index >= 15 is 0 Å². The van der Waals surface area contributed by atoms with Gasteiger partial charge >= 0.3 is 12.0 Å². The molecule has 1 saturated heterocycles. The molecule has 0 saturated carbocycles. The van der Waals surface area contributed by atoms with Gasteiger partial charge in [-0.05, 0) is 19.1 Å². The van der Waals surface area contributed by atoms with Crippen molar-refractivity contribution in [1.29, 1.82) is 0 Å². The van der Waals surface area contributed by atoms with Crippen LogP contribution < -0.4 is 10.1 Å². The third kappa shape index (κ3) is 3.00. The van der Waals surface area contributed by atoms with Gasteiger partial charge in [-0.2, -0.15) is 0 Å². The number of hydrogen-bond acceptors (Lipinski definition) is 5. The highest BCUT2D eigenvalue weighted by Gasteiger charge is 2.35. The van der Waals surface area contributed by atoms with Gasteiger partial charge in [0.15, 0.2) is 11.5 Å². The molecule has 3 N–H and O–H groups in total. The molecule has 0 spiro atoms. The van der Waals surface area contributed by atoms with E-state index in [-0.39, 0.29) is 22.8 Å². The summed E-state index contributed by atoms with van der Waals surface area (Å²) in [5.41, 5.74) is 0.155. The van der Waals surface area contributed by atoms with Crippen molar-refractivity contribution in [3.05, 3.63) is 29.5 Å². The lowest BCUT2D eigenvalue weighted by Gasteiger charge is -2.08. The largest absolute Gasteiger partial charge is 0.504 e. The molecule has 2 rings (SSSR count). The molecule has 0 aliphatic carbocycles. The topological polar surface area (TPSA) is 116 Å². The van der Waals surface area contributed by atoms with E-state index in [1.807, 2.05) is 0 Å². The van der Waals surface area contributed by atoms with Crippen molar-refractivity contribution in [2.75, 3.05) is 13.2 Å². The van der Waals surface area contributed by atoms with Crippen LogP contribution in [0.2, 0.25) is 0 Å². The molecule has 1 aliphatic heterocycles. The summed E-state index contributed by atoms with van der Waals surface area (Å²) in [7, 11) is 0. The molecule has 1 aromatic carbocycles. The van der Waals surface area contributed by atoms with Gasteiger partial charge in [-0.15, -0.1) is 0 Å². The quantitative estimate of drug-likeness (QED) is 0.546. The Balaban J connectivity index is 2.31. The standard InChI is InChI=1S/C14H14N2O6/c1-2-22-10-5-3-4-8(12(10)19)6-9-13(20)16(7-11(17)18)14(21)15-9/h3-6,19H,2,7H2,1H3,(H,15,21)(H,17,18)/b9-6+. The number of para-hydroxylation sites is 1. The first-order chi connectivity index (χ1) is 10.4. The average molecular weight is 306 g/mol. The number of urea groups is 1. The van der Waals surface area contributed by atoms with E-state index in [1.54, 1.807) is 19.1 Å². The zero-order valence-corrected chi connectivity index (χ0v) is 11.7. The van der Waals surface area contributed by atoms with E-state index in [9.17, 15) is 19.5 Å². The maximum Gasteiger partial charge on any atom is 0.329 e. The third-order valence-corrected chi connectivity index (χ3v) is 2.89. The number of carbonyl (C=O) groups is 3. The van der Waals surface area contributed by atoms with Crippen molar-refractivity contribution < 1.29 is 29.3 Å². The molecule has 8 heteroatoms. The minimum absolute atomic E-state index is 0.116. The van der Waals surface area contributed by atoms with E-state index < -0.39 is 24.5 Å². The summed E-state index contributed by atoms with van der Waals surface area (Å²) >= 11 is 0. The van der Waals surface area contributed by atoms with E-state index in [1.165, 1.54) is 12.1 Å². The molecule has 0 aromatic heterocycles. The second-order valence-corrected chi connectivity index (χ2v) is 4.40. The second kappa shape index (κ2) is 6.17. The first-order valence-electron chi connectivity index (χ1n) is 6.45. The molecule has 0 bridgehead atoms. The molecule has 0 radical (unpaired) electrons. The minimum Gasteiger partial charge on any atom is -0.504 e. The fourth-order valence-corrected chi connectivity index (χ4v) is 1.93. The van der Waals surface area contributed by atoms with E-state index in [4.69, 9.17) is 9.84 Å². The molecule has 3 amide bonds. The van der Waals surface area contributed by atoms with Crippen molar-refractivity contribution in [1.82, 2.24) is 10.2 Å². The highest BCUT2D eigenvalue weighted by molar-refractivity contribution is 6.15. The summed E-state index contributed by atoms with van der Waals surface area (Å²) in [6, 6.07) is 3.89. The number of carbonyl (C=O) groups excluding carboxylic acids is 2. The molecular formula is C14H14N2O6. The number of amides is 3. The number of carboxylic acid groups (broad SMARTS) is 1. The van der Waals surface area contributed by atoms with Gasteiger partial charge in [0.1, 0.15) is 12.2 Å². The van der Waals surface area contributed by atoms with Gasteiger partial charge in [-0.25, -0.2) is 9.69 Å². The molecule has 116 valence electrons. The number of ether oxygens (including phenoxy) is 1. The van der Waals surface area contributed by atoms with Crippen LogP contribution in [-0.2, 0) is 9.59 Å². The summed E-state index contributed by atoms with van der Waals surface area (Å²) in [6.45, 7) is 1.39. The van der Waals surface area contributed by atoms with Crippen LogP contribution in [0.5, 0.6) is 11.5 Å². The lowest BCUT2D eigenvalue weighted by molar-refractivity contribution is -0.140. The van der Waals surface area contributed by atoms with Gasteiger partial charge in [0.2, 0.25) is 0 Å². The highest BCUT2D eigenvalue weighted by atomic mass is 16.5. The Morgan fingerprint density at radius 2 is 2.14 bits per heavy atom. The Bertz CT molecular complexity index is 667. The van der Waals surface area contributed by atoms with Crippen molar-refractivity contribution in [2.24, 2.45) is 0 Å². The zero-order chi connectivity index (χ0) is 16.3. The Hall–Kier alpha value is -3.03. The number of aromatic hydroxyl groups is 1. The normalized spacial score (nSPS) is 16.0. The number of nitrogens with one attached hydrogen (secondary N) is 1. The van der Waals surface area contributed by atoms with Crippen LogP contribution >= 0.6 is 0 Å². The maximum atomic E-state index is 12.0. The van der Waals surface area contributed by atoms with Crippen LogP contribution in [0.3, 0.4) is 0 Å². The molecule has 0 atom stereocenters. The van der Waals surface area contributed by atoms with Gasteiger partial charge in [-0.1, -0.05) is 12.1 Å². The maximum absolute atomic E-state index is 12.0. The fraction of sp³-hybridized carbons (Fsp3) is 0.214. The number of benzene rings is 1. The Kier molecular flexibility index (Phi) is 4.31. The van der Waals surface area contributed by atoms with Crippen molar-refractivity contribution in [3.63, 3.8) is 0 Å². The SMILES string of the molecule is CCOc1cccc(/C=C2/NC(=O)N(CC(=O)O)C2=O)c1O. The molecule has 1 heterocycles. The average Bonchev–Trinajstić information content (AvgIpc) is 2.71. The van der Waals surface area contributed by atoms with Gasteiger partial charge in [0, 0.05) is 5.56 Å². The minimum atomic E-state index is -1.30. The first-order valence-corrected chi connectivity index (χ1v) is 6.45. The van der Waals surface area contributed by atoms with Gasteiger partial charge in [0.25, 0.3) is 5.91 Å². The van der Waals surface area contributed by atoms with Crippen LogP contribution in [0.15, 0.2) is 23.9 Å². The summed E-state index contributed by atoms with van der Waals surface area (Å²) in [6.07, 6.45) is 1.26. The number of imide groups is 1. The van der Waals surface area contributed by atoms with Crippen LogP contribution in [-0.4, -0.2) is 46.2 Å². The summed E-state index contributed by atoms with van der Waals surface area (Å²) < 4.78 is 5.22. The number of hydrogen-bond donors (Lipinski definition) is 3. The molecule has 1 aliphatic rings. The lowest BCUT2D eigenvalue weighted by Crippen LogP contribution is -2.35. The van der Waals surface area contributed by atoms with Crippen molar-refractivity contribution in [3.8, 4) is 11.5 Å². The summed E-state index contributed by atoms with van der Waals surface area (Å²) in [5, 5.41) is 21.0. The molecule has 0 unspecified atom stereocenters.